The van der Waals surface area contributed by atoms with E-state index in [9.17, 15) is 10.1 Å². The second kappa shape index (κ2) is 7.75. The molecule has 0 radical (unpaired) electrons. The van der Waals surface area contributed by atoms with Crippen LogP contribution in [-0.2, 0) is 4.79 Å². The lowest BCUT2D eigenvalue weighted by Crippen LogP contribution is -2.09. The monoisotopic (exact) mass is 349 g/mol. The summed E-state index contributed by atoms with van der Waals surface area (Å²) in [7, 11) is 3.12. The fourth-order valence-corrected chi connectivity index (χ4v) is 2.50. The summed E-state index contributed by atoms with van der Waals surface area (Å²) in [5, 5.41) is 9.51. The average molecular weight is 349 g/mol. The highest BCUT2D eigenvalue weighted by Crippen LogP contribution is 2.32. The summed E-state index contributed by atoms with van der Waals surface area (Å²) >= 11 is 0. The molecular formula is C21H19NO4. The Morgan fingerprint density at radius 1 is 1.08 bits per heavy atom. The third kappa shape index (κ3) is 4.04. The zero-order valence-corrected chi connectivity index (χ0v) is 14.7. The van der Waals surface area contributed by atoms with E-state index in [4.69, 9.17) is 14.2 Å². The molecule has 1 aliphatic carbocycles. The van der Waals surface area contributed by atoms with Gasteiger partial charge in [0.1, 0.15) is 5.75 Å². The number of rotatable bonds is 6. The van der Waals surface area contributed by atoms with Gasteiger partial charge in [-0.3, -0.25) is 4.79 Å². The van der Waals surface area contributed by atoms with E-state index in [1.807, 2.05) is 18.2 Å². The number of ether oxygens (including phenoxy) is 3. The highest BCUT2D eigenvalue weighted by atomic mass is 16.5. The number of hydrogen-bond acceptors (Lipinski definition) is 5. The number of allylic oxidation sites excluding steroid dienone is 1. The van der Waals surface area contributed by atoms with Gasteiger partial charge in [0.2, 0.25) is 0 Å². The number of hydrogen-bond donors (Lipinski definition) is 0. The van der Waals surface area contributed by atoms with Crippen LogP contribution in [0.2, 0.25) is 0 Å². The number of esters is 1. The Bertz CT molecular complexity index is 874. The van der Waals surface area contributed by atoms with Crippen molar-refractivity contribution in [2.45, 2.75) is 12.8 Å². The van der Waals surface area contributed by atoms with Gasteiger partial charge in [-0.1, -0.05) is 12.1 Å². The Hall–Kier alpha value is -3.26. The summed E-state index contributed by atoms with van der Waals surface area (Å²) in [6.07, 6.45) is 3.60. The fourth-order valence-electron chi connectivity index (χ4n) is 2.50. The van der Waals surface area contributed by atoms with Crippen molar-refractivity contribution >= 4 is 17.6 Å². The molecule has 5 nitrogen and oxygen atoms in total. The normalized spacial score (nSPS) is 13.7. The Labute approximate surface area is 152 Å². The van der Waals surface area contributed by atoms with E-state index in [0.717, 1.165) is 24.0 Å². The van der Waals surface area contributed by atoms with Gasteiger partial charge in [0, 0.05) is 0 Å². The first-order valence-corrected chi connectivity index (χ1v) is 8.30. The third-order valence-corrected chi connectivity index (χ3v) is 4.14. The van der Waals surface area contributed by atoms with E-state index >= 15 is 0 Å². The summed E-state index contributed by atoms with van der Waals surface area (Å²) in [6.45, 7) is 0. The maximum Gasteiger partial charge on any atom is 0.314 e. The van der Waals surface area contributed by atoms with Crippen molar-refractivity contribution in [2.75, 3.05) is 14.2 Å². The molecule has 0 heterocycles. The zero-order chi connectivity index (χ0) is 18.5. The van der Waals surface area contributed by atoms with Crippen molar-refractivity contribution in [3.05, 3.63) is 53.6 Å². The second-order valence-corrected chi connectivity index (χ2v) is 6.00. The minimum absolute atomic E-state index is 0.0600. The maximum absolute atomic E-state index is 11.7. The molecule has 0 spiro atoms. The van der Waals surface area contributed by atoms with E-state index in [2.05, 4.69) is 6.07 Å². The van der Waals surface area contributed by atoms with E-state index in [1.165, 1.54) is 0 Å². The molecule has 0 aliphatic heterocycles. The molecule has 0 unspecified atom stereocenters. The molecule has 1 saturated carbocycles. The molecule has 3 rings (SSSR count). The van der Waals surface area contributed by atoms with Gasteiger partial charge in [-0.25, -0.2) is 0 Å². The summed E-state index contributed by atoms with van der Waals surface area (Å²) in [4.78, 5) is 11.7. The van der Waals surface area contributed by atoms with Gasteiger partial charge in [0.15, 0.2) is 11.5 Å². The lowest BCUT2D eigenvalue weighted by molar-refractivity contribution is -0.135. The summed E-state index contributed by atoms with van der Waals surface area (Å²) in [6, 6.07) is 14.6. The predicted molar refractivity (Wildman–Crippen MR) is 97.8 cm³/mol. The Morgan fingerprint density at radius 2 is 1.77 bits per heavy atom. The molecule has 2 aromatic rings. The van der Waals surface area contributed by atoms with Gasteiger partial charge in [-0.2, -0.15) is 5.26 Å². The van der Waals surface area contributed by atoms with Crippen molar-refractivity contribution in [3.63, 3.8) is 0 Å². The van der Waals surface area contributed by atoms with Crippen LogP contribution in [0.1, 0.15) is 24.0 Å². The van der Waals surface area contributed by atoms with Crippen LogP contribution in [0.4, 0.5) is 0 Å². The minimum Gasteiger partial charge on any atom is -0.493 e. The van der Waals surface area contributed by atoms with Crippen LogP contribution in [-0.4, -0.2) is 20.2 Å². The van der Waals surface area contributed by atoms with Gasteiger partial charge in [-0.15, -0.1) is 0 Å². The molecule has 0 amide bonds. The highest BCUT2D eigenvalue weighted by molar-refractivity contribution is 5.90. The van der Waals surface area contributed by atoms with Crippen LogP contribution < -0.4 is 14.2 Å². The number of nitrogens with zero attached hydrogens (tertiary/aromatic N) is 1. The average Bonchev–Trinajstić information content (AvgIpc) is 3.52. The summed E-state index contributed by atoms with van der Waals surface area (Å²) < 4.78 is 15.8. The number of carbonyl (C=O) groups excluding carboxylic acids is 1. The van der Waals surface area contributed by atoms with E-state index in [1.54, 1.807) is 44.6 Å². The molecule has 0 saturated heterocycles. The summed E-state index contributed by atoms with van der Waals surface area (Å²) in [5.74, 6) is 1.58. The molecule has 5 heteroatoms. The van der Waals surface area contributed by atoms with Crippen molar-refractivity contribution in [3.8, 4) is 23.3 Å². The SMILES string of the molecule is COc1ccc(/C(C#N)=C\c2ccc(OC(=O)C3CC3)cc2)cc1OC. The van der Waals surface area contributed by atoms with Crippen molar-refractivity contribution < 1.29 is 19.0 Å². The van der Waals surface area contributed by atoms with Gasteiger partial charge in [-0.05, 0) is 60.4 Å². The standard InChI is InChI=1S/C21H19NO4/c1-24-19-10-7-16(12-20(19)25-2)17(13-22)11-14-3-8-18(9-4-14)26-21(23)15-5-6-15/h3-4,7-12,15H,5-6H2,1-2H3/b17-11-. The Kier molecular flexibility index (Phi) is 5.23. The largest absolute Gasteiger partial charge is 0.493 e. The van der Waals surface area contributed by atoms with Gasteiger partial charge in [0.05, 0.1) is 31.8 Å². The Morgan fingerprint density at radius 3 is 2.35 bits per heavy atom. The third-order valence-electron chi connectivity index (χ3n) is 4.14. The molecule has 1 fully saturated rings. The van der Waals surface area contributed by atoms with Crippen LogP contribution in [0.5, 0.6) is 17.2 Å². The smallest absolute Gasteiger partial charge is 0.314 e. The lowest BCUT2D eigenvalue weighted by atomic mass is 10.0. The lowest BCUT2D eigenvalue weighted by Gasteiger charge is -2.09. The molecule has 0 bridgehead atoms. The van der Waals surface area contributed by atoms with Crippen LogP contribution in [0.25, 0.3) is 11.6 Å². The zero-order valence-electron chi connectivity index (χ0n) is 14.7. The van der Waals surface area contributed by atoms with Crippen LogP contribution in [0, 0.1) is 17.2 Å². The highest BCUT2D eigenvalue weighted by Gasteiger charge is 2.31. The van der Waals surface area contributed by atoms with Crippen molar-refractivity contribution in [1.29, 1.82) is 5.26 Å². The van der Waals surface area contributed by atoms with Crippen LogP contribution >= 0.6 is 0 Å². The number of methoxy groups -OCH3 is 2. The molecule has 0 atom stereocenters. The van der Waals surface area contributed by atoms with Crippen molar-refractivity contribution in [1.82, 2.24) is 0 Å². The van der Waals surface area contributed by atoms with Crippen LogP contribution in [0.3, 0.4) is 0 Å². The van der Waals surface area contributed by atoms with E-state index in [0.29, 0.717) is 22.8 Å². The van der Waals surface area contributed by atoms with Gasteiger partial charge in [0.25, 0.3) is 0 Å². The van der Waals surface area contributed by atoms with E-state index < -0.39 is 0 Å². The molecule has 0 N–H and O–H groups in total. The fraction of sp³-hybridized carbons (Fsp3) is 0.238. The quantitative estimate of drug-likeness (QED) is 0.340. The van der Waals surface area contributed by atoms with Crippen LogP contribution in [0.15, 0.2) is 42.5 Å². The first kappa shape index (κ1) is 17.6. The summed E-state index contributed by atoms with van der Waals surface area (Å²) in [5.41, 5.74) is 2.06. The van der Waals surface area contributed by atoms with E-state index in [-0.39, 0.29) is 11.9 Å². The first-order chi connectivity index (χ1) is 12.6. The molecule has 1 aliphatic rings. The topological polar surface area (TPSA) is 68.5 Å². The number of nitriles is 1. The molecule has 26 heavy (non-hydrogen) atoms. The second-order valence-electron chi connectivity index (χ2n) is 6.00. The maximum atomic E-state index is 11.7. The first-order valence-electron chi connectivity index (χ1n) is 8.30. The molecule has 132 valence electrons. The van der Waals surface area contributed by atoms with Gasteiger partial charge >= 0.3 is 5.97 Å². The van der Waals surface area contributed by atoms with Gasteiger partial charge < -0.3 is 14.2 Å². The number of benzene rings is 2. The Balaban J connectivity index is 1.80. The van der Waals surface area contributed by atoms with Crippen molar-refractivity contribution in [2.24, 2.45) is 5.92 Å². The predicted octanol–water partition coefficient (Wildman–Crippen LogP) is 4.08. The molecule has 2 aromatic carbocycles. The number of carbonyl (C=O) groups is 1. The minimum atomic E-state index is -0.170. The molecular weight excluding hydrogens is 330 g/mol. The molecule has 0 aromatic heterocycles.